The third kappa shape index (κ3) is 15.3. The SMILES string of the molecule is C=C(CCCCCCCC1CC1C(CCCC)CCCCCC)CCC(CC)(CC)CC(C)CCC1CCC(C)C1. The normalized spacial score (nSPS) is 24.0. The van der Waals surface area contributed by atoms with Gasteiger partial charge in [-0.05, 0) is 85.9 Å². The summed E-state index contributed by atoms with van der Waals surface area (Å²) in [4.78, 5) is 0. The molecule has 0 heteroatoms. The van der Waals surface area contributed by atoms with Crippen LogP contribution in [0.25, 0.3) is 0 Å². The molecule has 6 atom stereocenters. The van der Waals surface area contributed by atoms with Gasteiger partial charge in [-0.3, -0.25) is 0 Å². The Morgan fingerprint density at radius 1 is 0.732 bits per heavy atom. The minimum Gasteiger partial charge on any atom is -0.0999 e. The van der Waals surface area contributed by atoms with Crippen molar-refractivity contribution in [1.29, 1.82) is 0 Å². The smallest absolute Gasteiger partial charge is 0.0297 e. The lowest BCUT2D eigenvalue weighted by atomic mass is 9.70. The Balaban J connectivity index is 1.53. The van der Waals surface area contributed by atoms with Crippen molar-refractivity contribution >= 4 is 0 Å². The van der Waals surface area contributed by atoms with Crippen LogP contribution < -0.4 is 0 Å². The maximum absolute atomic E-state index is 4.54. The van der Waals surface area contributed by atoms with Crippen molar-refractivity contribution in [2.75, 3.05) is 0 Å². The molecule has 41 heavy (non-hydrogen) atoms. The van der Waals surface area contributed by atoms with Gasteiger partial charge in [-0.25, -0.2) is 0 Å². The molecule has 0 heterocycles. The summed E-state index contributed by atoms with van der Waals surface area (Å²) in [7, 11) is 0. The molecule has 0 bridgehead atoms. The predicted molar refractivity (Wildman–Crippen MR) is 187 cm³/mol. The summed E-state index contributed by atoms with van der Waals surface area (Å²) in [6, 6.07) is 0. The van der Waals surface area contributed by atoms with E-state index in [1.165, 1.54) is 161 Å². The molecule has 2 saturated carbocycles. The first-order chi connectivity index (χ1) is 19.9. The fourth-order valence-corrected chi connectivity index (χ4v) is 8.87. The lowest BCUT2D eigenvalue weighted by molar-refractivity contribution is 0.174. The largest absolute Gasteiger partial charge is 0.0999 e. The van der Waals surface area contributed by atoms with Crippen LogP contribution in [0.1, 0.15) is 208 Å². The van der Waals surface area contributed by atoms with E-state index < -0.39 is 0 Å². The van der Waals surface area contributed by atoms with Gasteiger partial charge in [0, 0.05) is 0 Å². The first-order valence-corrected chi connectivity index (χ1v) is 19.5. The standard InChI is InChI=1S/C41H78/c1-8-12-14-19-23-38(22-13-9-2)40-32-39(40)24-20-17-15-16-18-21-34(5)29-30-41(10-3,11-4)33-36(7)26-28-37-27-25-35(6)31-37/h35-40H,5,8-33H2,1-4,6-7H3. The van der Waals surface area contributed by atoms with Gasteiger partial charge >= 0.3 is 0 Å². The number of allylic oxidation sites excluding steroid dienone is 1. The number of hydrogen-bond acceptors (Lipinski definition) is 0. The Bertz CT molecular complexity index is 640. The summed E-state index contributed by atoms with van der Waals surface area (Å²) in [5.74, 6) is 6.16. The summed E-state index contributed by atoms with van der Waals surface area (Å²) < 4.78 is 0. The Hall–Kier alpha value is -0.260. The van der Waals surface area contributed by atoms with Crippen LogP contribution in [0.4, 0.5) is 0 Å². The summed E-state index contributed by atoms with van der Waals surface area (Å²) in [5, 5.41) is 0. The molecule has 2 rings (SSSR count). The minimum atomic E-state index is 0.553. The van der Waals surface area contributed by atoms with Crippen LogP contribution >= 0.6 is 0 Å². The molecule has 2 aliphatic carbocycles. The van der Waals surface area contributed by atoms with Gasteiger partial charge in [-0.2, -0.15) is 0 Å². The molecule has 0 aromatic heterocycles. The van der Waals surface area contributed by atoms with E-state index in [1.807, 2.05) is 0 Å². The molecule has 0 aliphatic heterocycles. The summed E-state index contributed by atoms with van der Waals surface area (Å²) in [5.41, 5.74) is 2.10. The van der Waals surface area contributed by atoms with E-state index >= 15 is 0 Å². The first-order valence-electron chi connectivity index (χ1n) is 19.5. The minimum absolute atomic E-state index is 0.553. The van der Waals surface area contributed by atoms with Crippen LogP contribution in [0.15, 0.2) is 12.2 Å². The molecular formula is C41H78. The molecule has 0 N–H and O–H groups in total. The molecule has 0 radical (unpaired) electrons. The van der Waals surface area contributed by atoms with Crippen molar-refractivity contribution in [2.45, 2.75) is 208 Å². The maximum atomic E-state index is 4.54. The van der Waals surface area contributed by atoms with Gasteiger partial charge in [-0.1, -0.05) is 176 Å². The molecule has 2 fully saturated rings. The first kappa shape index (κ1) is 36.9. The van der Waals surface area contributed by atoms with E-state index in [0.717, 1.165) is 35.5 Å². The quantitative estimate of drug-likeness (QED) is 0.0680. The lowest BCUT2D eigenvalue weighted by Gasteiger charge is -2.35. The second-order valence-electron chi connectivity index (χ2n) is 15.8. The van der Waals surface area contributed by atoms with Crippen molar-refractivity contribution in [3.05, 3.63) is 12.2 Å². The molecule has 2 aliphatic rings. The highest BCUT2D eigenvalue weighted by molar-refractivity contribution is 4.96. The Morgan fingerprint density at radius 2 is 1.41 bits per heavy atom. The fourth-order valence-electron chi connectivity index (χ4n) is 8.87. The zero-order valence-corrected chi connectivity index (χ0v) is 29.6. The second-order valence-corrected chi connectivity index (χ2v) is 15.8. The van der Waals surface area contributed by atoms with Gasteiger partial charge in [0.2, 0.25) is 0 Å². The second kappa shape index (κ2) is 21.4. The number of unbranched alkanes of at least 4 members (excludes halogenated alkanes) is 8. The molecule has 0 aromatic carbocycles. The fraction of sp³-hybridized carbons (Fsp3) is 0.951. The van der Waals surface area contributed by atoms with Crippen molar-refractivity contribution in [3.8, 4) is 0 Å². The van der Waals surface area contributed by atoms with Crippen LogP contribution in [-0.4, -0.2) is 0 Å². The monoisotopic (exact) mass is 571 g/mol. The average Bonchev–Trinajstić information content (AvgIpc) is 3.62. The van der Waals surface area contributed by atoms with E-state index in [1.54, 1.807) is 12.0 Å². The van der Waals surface area contributed by atoms with Crippen molar-refractivity contribution in [2.24, 2.45) is 40.9 Å². The van der Waals surface area contributed by atoms with E-state index in [2.05, 4.69) is 48.1 Å². The lowest BCUT2D eigenvalue weighted by Crippen LogP contribution is -2.22. The Morgan fingerprint density at radius 3 is 2.10 bits per heavy atom. The van der Waals surface area contributed by atoms with Gasteiger partial charge in [0.05, 0.1) is 0 Å². The highest BCUT2D eigenvalue weighted by Gasteiger charge is 2.41. The van der Waals surface area contributed by atoms with Crippen LogP contribution in [0.3, 0.4) is 0 Å². The summed E-state index contributed by atoms with van der Waals surface area (Å²) >= 11 is 0. The highest BCUT2D eigenvalue weighted by Crippen LogP contribution is 2.50. The summed E-state index contributed by atoms with van der Waals surface area (Å²) in [6.07, 6.45) is 37.5. The van der Waals surface area contributed by atoms with E-state index in [9.17, 15) is 0 Å². The summed E-state index contributed by atoms with van der Waals surface area (Å²) in [6.45, 7) is 19.2. The highest BCUT2D eigenvalue weighted by atomic mass is 14.5. The van der Waals surface area contributed by atoms with E-state index in [-0.39, 0.29) is 0 Å². The van der Waals surface area contributed by atoms with Crippen LogP contribution in [-0.2, 0) is 0 Å². The van der Waals surface area contributed by atoms with Crippen molar-refractivity contribution in [1.82, 2.24) is 0 Å². The molecular weight excluding hydrogens is 492 g/mol. The third-order valence-corrected chi connectivity index (χ3v) is 12.2. The van der Waals surface area contributed by atoms with Gasteiger partial charge in [0.25, 0.3) is 0 Å². The molecule has 0 saturated heterocycles. The zero-order valence-electron chi connectivity index (χ0n) is 29.6. The maximum Gasteiger partial charge on any atom is -0.0297 e. The van der Waals surface area contributed by atoms with Crippen LogP contribution in [0.2, 0.25) is 0 Å². The molecule has 0 nitrogen and oxygen atoms in total. The number of hydrogen-bond donors (Lipinski definition) is 0. The predicted octanol–water partition coefficient (Wildman–Crippen LogP) is 14.5. The molecule has 0 amide bonds. The average molecular weight is 571 g/mol. The Kier molecular flexibility index (Phi) is 19.3. The topological polar surface area (TPSA) is 0 Å². The van der Waals surface area contributed by atoms with Gasteiger partial charge in [0.1, 0.15) is 0 Å². The molecule has 6 unspecified atom stereocenters. The molecule has 242 valence electrons. The van der Waals surface area contributed by atoms with Gasteiger partial charge in [0.15, 0.2) is 0 Å². The third-order valence-electron chi connectivity index (χ3n) is 12.2. The van der Waals surface area contributed by atoms with E-state index in [0.29, 0.717) is 5.41 Å². The molecule has 0 aromatic rings. The van der Waals surface area contributed by atoms with Crippen LogP contribution in [0.5, 0.6) is 0 Å². The molecule has 0 spiro atoms. The van der Waals surface area contributed by atoms with Crippen molar-refractivity contribution in [3.63, 3.8) is 0 Å². The van der Waals surface area contributed by atoms with Crippen molar-refractivity contribution < 1.29 is 0 Å². The zero-order chi connectivity index (χ0) is 29.9. The van der Waals surface area contributed by atoms with Gasteiger partial charge in [-0.15, -0.1) is 0 Å². The van der Waals surface area contributed by atoms with Gasteiger partial charge < -0.3 is 0 Å². The van der Waals surface area contributed by atoms with E-state index in [4.69, 9.17) is 0 Å². The Labute approximate surface area is 261 Å². The van der Waals surface area contributed by atoms with Crippen LogP contribution in [0, 0.1) is 40.9 Å². The number of rotatable bonds is 27.